The van der Waals surface area contributed by atoms with Gasteiger partial charge in [0.2, 0.25) is 5.88 Å². The third-order valence-corrected chi connectivity index (χ3v) is 2.77. The Kier molecular flexibility index (Phi) is 2.15. The van der Waals surface area contributed by atoms with Gasteiger partial charge in [-0.1, -0.05) is 0 Å². The molecule has 0 amide bonds. The van der Waals surface area contributed by atoms with E-state index in [4.69, 9.17) is 9.52 Å². The summed E-state index contributed by atoms with van der Waals surface area (Å²) in [7, 11) is 0. The van der Waals surface area contributed by atoms with Crippen LogP contribution in [-0.2, 0) is 4.79 Å². The van der Waals surface area contributed by atoms with Crippen LogP contribution in [0.15, 0.2) is 17.0 Å². The number of nitrogens with zero attached hydrogens (tertiary/aromatic N) is 2. The summed E-state index contributed by atoms with van der Waals surface area (Å²) in [6, 6.07) is -0.0274. The maximum absolute atomic E-state index is 10.9. The Morgan fingerprint density at radius 2 is 2.57 bits per heavy atom. The largest absolute Gasteiger partial charge is 0.481 e. The molecule has 1 N–H and O–H groups in total. The summed E-state index contributed by atoms with van der Waals surface area (Å²) in [5.74, 6) is -0.388. The van der Waals surface area contributed by atoms with Gasteiger partial charge in [0.1, 0.15) is 0 Å². The van der Waals surface area contributed by atoms with Crippen LogP contribution in [0.1, 0.15) is 13.3 Å². The molecule has 1 aliphatic rings. The molecule has 2 rings (SSSR count). The Labute approximate surface area is 81.3 Å². The molecule has 2 atom stereocenters. The second-order valence-electron chi connectivity index (χ2n) is 3.51. The van der Waals surface area contributed by atoms with Crippen LogP contribution in [0, 0.1) is 5.92 Å². The Bertz CT molecular complexity index is 323. The average Bonchev–Trinajstić information content (AvgIpc) is 2.71. The summed E-state index contributed by atoms with van der Waals surface area (Å²) in [4.78, 5) is 16.6. The van der Waals surface area contributed by atoms with Gasteiger partial charge in [0.05, 0.1) is 12.1 Å². The lowest BCUT2D eigenvalue weighted by Gasteiger charge is -2.21. The van der Waals surface area contributed by atoms with Crippen LogP contribution in [0.5, 0.6) is 0 Å². The molecule has 1 fully saturated rings. The van der Waals surface area contributed by atoms with Crippen molar-refractivity contribution in [3.63, 3.8) is 0 Å². The van der Waals surface area contributed by atoms with E-state index in [-0.39, 0.29) is 12.0 Å². The summed E-state index contributed by atoms with van der Waals surface area (Å²) >= 11 is 0. The first-order chi connectivity index (χ1) is 6.70. The highest BCUT2D eigenvalue weighted by Gasteiger charge is 2.36. The smallest absolute Gasteiger partial charge is 0.308 e. The Morgan fingerprint density at radius 3 is 3.07 bits per heavy atom. The lowest BCUT2D eigenvalue weighted by Crippen LogP contribution is -2.32. The predicted molar refractivity (Wildman–Crippen MR) is 49.1 cm³/mol. The van der Waals surface area contributed by atoms with Gasteiger partial charge >= 0.3 is 5.97 Å². The summed E-state index contributed by atoms with van der Waals surface area (Å²) < 4.78 is 5.14. The van der Waals surface area contributed by atoms with Gasteiger partial charge in [-0.3, -0.25) is 4.79 Å². The molecule has 14 heavy (non-hydrogen) atoms. The molecule has 5 nitrogen and oxygen atoms in total. The number of oxazole rings is 1. The molecule has 5 heteroatoms. The second kappa shape index (κ2) is 3.32. The fourth-order valence-corrected chi connectivity index (χ4v) is 1.93. The van der Waals surface area contributed by atoms with Crippen LogP contribution < -0.4 is 4.90 Å². The van der Waals surface area contributed by atoms with Gasteiger partial charge in [0, 0.05) is 12.6 Å². The molecule has 0 bridgehead atoms. The van der Waals surface area contributed by atoms with Crippen LogP contribution in [0.2, 0.25) is 0 Å². The lowest BCUT2D eigenvalue weighted by atomic mass is 10.0. The fraction of sp³-hybridized carbons (Fsp3) is 0.556. The van der Waals surface area contributed by atoms with Crippen molar-refractivity contribution in [2.75, 3.05) is 11.4 Å². The predicted octanol–water partition coefficient (Wildman–Crippen LogP) is 0.974. The highest BCUT2D eigenvalue weighted by molar-refractivity contribution is 5.72. The summed E-state index contributed by atoms with van der Waals surface area (Å²) in [6.07, 6.45) is 3.63. The summed E-state index contributed by atoms with van der Waals surface area (Å²) in [6.45, 7) is 2.61. The number of anilines is 1. The summed E-state index contributed by atoms with van der Waals surface area (Å²) in [5, 5.41) is 8.93. The normalized spacial score (nSPS) is 26.8. The van der Waals surface area contributed by atoms with Crippen molar-refractivity contribution in [3.8, 4) is 0 Å². The third-order valence-electron chi connectivity index (χ3n) is 2.77. The zero-order valence-corrected chi connectivity index (χ0v) is 7.88. The van der Waals surface area contributed by atoms with Crippen LogP contribution >= 0.6 is 0 Å². The molecule has 1 aromatic heterocycles. The van der Waals surface area contributed by atoms with Crippen molar-refractivity contribution in [2.24, 2.45) is 5.92 Å². The molecule has 0 spiro atoms. The Morgan fingerprint density at radius 1 is 1.79 bits per heavy atom. The number of aliphatic carboxylic acids is 1. The van der Waals surface area contributed by atoms with Crippen molar-refractivity contribution in [3.05, 3.63) is 12.6 Å². The molecule has 0 saturated carbocycles. The van der Waals surface area contributed by atoms with Gasteiger partial charge in [-0.2, -0.15) is 0 Å². The first-order valence-corrected chi connectivity index (χ1v) is 4.58. The number of rotatable bonds is 2. The summed E-state index contributed by atoms with van der Waals surface area (Å²) in [5.41, 5.74) is 0. The van der Waals surface area contributed by atoms with Crippen molar-refractivity contribution in [2.45, 2.75) is 19.4 Å². The van der Waals surface area contributed by atoms with E-state index in [1.807, 2.05) is 11.8 Å². The standard InChI is InChI=1S/C9H12N2O3/c1-6-7(9(12)13)2-3-11(6)8-4-10-5-14-8/h4-7H,2-3H2,1H3,(H,12,13)/t6-,7+/m1/s1. The van der Waals surface area contributed by atoms with Crippen LogP contribution in [0.4, 0.5) is 5.88 Å². The van der Waals surface area contributed by atoms with Gasteiger partial charge in [0.25, 0.3) is 0 Å². The first kappa shape index (κ1) is 9.05. The monoisotopic (exact) mass is 196 g/mol. The van der Waals surface area contributed by atoms with Crippen LogP contribution in [0.25, 0.3) is 0 Å². The number of hydrogen-bond acceptors (Lipinski definition) is 4. The van der Waals surface area contributed by atoms with Crippen molar-refractivity contribution in [1.82, 2.24) is 4.98 Å². The van der Waals surface area contributed by atoms with Crippen molar-refractivity contribution < 1.29 is 14.3 Å². The molecule has 0 aromatic carbocycles. The van der Waals surface area contributed by atoms with E-state index in [1.54, 1.807) is 6.20 Å². The van der Waals surface area contributed by atoms with E-state index < -0.39 is 5.97 Å². The van der Waals surface area contributed by atoms with E-state index >= 15 is 0 Å². The van der Waals surface area contributed by atoms with Crippen molar-refractivity contribution >= 4 is 11.9 Å². The van der Waals surface area contributed by atoms with Gasteiger partial charge in [-0.05, 0) is 13.3 Å². The number of aromatic nitrogens is 1. The zero-order valence-electron chi connectivity index (χ0n) is 7.88. The molecule has 0 radical (unpaired) electrons. The minimum absolute atomic E-state index is 0.0274. The van der Waals surface area contributed by atoms with Gasteiger partial charge in [0.15, 0.2) is 6.39 Å². The molecule has 1 aliphatic heterocycles. The lowest BCUT2D eigenvalue weighted by molar-refractivity contribution is -0.141. The first-order valence-electron chi connectivity index (χ1n) is 4.58. The quantitative estimate of drug-likeness (QED) is 0.763. The minimum Gasteiger partial charge on any atom is -0.481 e. The van der Waals surface area contributed by atoms with Crippen molar-refractivity contribution in [1.29, 1.82) is 0 Å². The van der Waals surface area contributed by atoms with E-state index in [2.05, 4.69) is 4.98 Å². The topological polar surface area (TPSA) is 66.6 Å². The minimum atomic E-state index is -0.737. The number of hydrogen-bond donors (Lipinski definition) is 1. The Hall–Kier alpha value is -1.52. The van der Waals surface area contributed by atoms with Gasteiger partial charge in [-0.25, -0.2) is 4.98 Å². The molecule has 0 aliphatic carbocycles. The fourth-order valence-electron chi connectivity index (χ4n) is 1.93. The van der Waals surface area contributed by atoms with Crippen LogP contribution in [-0.4, -0.2) is 28.6 Å². The molecule has 0 unspecified atom stereocenters. The average molecular weight is 196 g/mol. The highest BCUT2D eigenvalue weighted by atomic mass is 16.4. The third kappa shape index (κ3) is 1.34. The Balaban J connectivity index is 2.15. The molecule has 76 valence electrons. The second-order valence-corrected chi connectivity index (χ2v) is 3.51. The van der Waals surface area contributed by atoms with Crippen LogP contribution in [0.3, 0.4) is 0 Å². The molecule has 2 heterocycles. The zero-order chi connectivity index (χ0) is 10.1. The molecular formula is C9H12N2O3. The van der Waals surface area contributed by atoms with E-state index in [1.165, 1.54) is 6.39 Å². The molecule has 1 aromatic rings. The van der Waals surface area contributed by atoms with E-state index in [9.17, 15) is 4.79 Å². The molecular weight excluding hydrogens is 184 g/mol. The van der Waals surface area contributed by atoms with Gasteiger partial charge in [-0.15, -0.1) is 0 Å². The number of carboxylic acid groups (broad SMARTS) is 1. The van der Waals surface area contributed by atoms with E-state index in [0.717, 1.165) is 0 Å². The number of carbonyl (C=O) groups is 1. The maximum atomic E-state index is 10.9. The number of carboxylic acids is 1. The highest BCUT2D eigenvalue weighted by Crippen LogP contribution is 2.29. The molecule has 1 saturated heterocycles. The van der Waals surface area contributed by atoms with E-state index in [0.29, 0.717) is 18.8 Å². The van der Waals surface area contributed by atoms with Gasteiger partial charge < -0.3 is 14.4 Å². The maximum Gasteiger partial charge on any atom is 0.308 e. The SMILES string of the molecule is C[C@@H]1[C@@H](C(=O)O)CCN1c1cnco1.